The van der Waals surface area contributed by atoms with Crippen LogP contribution in [-0.2, 0) is 28.6 Å². The van der Waals surface area contributed by atoms with Crippen molar-refractivity contribution in [2.75, 3.05) is 13.2 Å². The molecule has 6 nitrogen and oxygen atoms in total. The third-order valence-corrected chi connectivity index (χ3v) is 12.7. The molecular formula is C58H108O6. The van der Waals surface area contributed by atoms with Crippen molar-refractivity contribution in [3.05, 3.63) is 24.3 Å². The lowest BCUT2D eigenvalue weighted by Crippen LogP contribution is -2.30. The van der Waals surface area contributed by atoms with E-state index in [1.807, 2.05) is 0 Å². The van der Waals surface area contributed by atoms with Gasteiger partial charge in [0.15, 0.2) is 6.10 Å². The van der Waals surface area contributed by atoms with Gasteiger partial charge in [0.1, 0.15) is 13.2 Å². The van der Waals surface area contributed by atoms with Crippen LogP contribution in [0.5, 0.6) is 0 Å². The molecule has 0 N–H and O–H groups in total. The minimum Gasteiger partial charge on any atom is -0.462 e. The fourth-order valence-electron chi connectivity index (χ4n) is 8.42. The maximum Gasteiger partial charge on any atom is 0.306 e. The Hall–Kier alpha value is -2.11. The van der Waals surface area contributed by atoms with Gasteiger partial charge in [-0.2, -0.15) is 0 Å². The van der Waals surface area contributed by atoms with Crippen molar-refractivity contribution in [3.63, 3.8) is 0 Å². The van der Waals surface area contributed by atoms with Crippen molar-refractivity contribution in [3.8, 4) is 0 Å². The van der Waals surface area contributed by atoms with Crippen molar-refractivity contribution >= 4 is 17.9 Å². The summed E-state index contributed by atoms with van der Waals surface area (Å²) in [6.45, 7) is 6.65. The maximum absolute atomic E-state index is 12.8. The van der Waals surface area contributed by atoms with E-state index in [4.69, 9.17) is 14.2 Å². The molecule has 0 aromatic carbocycles. The fraction of sp³-hybridized carbons (Fsp3) is 0.879. The molecule has 0 aliphatic carbocycles. The van der Waals surface area contributed by atoms with E-state index in [0.29, 0.717) is 19.3 Å². The Morgan fingerprint density at radius 2 is 0.562 bits per heavy atom. The Bertz CT molecular complexity index is 1040. The standard InChI is InChI=1S/C58H108O6/c1-4-7-10-13-16-19-22-25-27-28-29-30-32-34-37-39-42-45-48-51-57(60)63-54-55(64-58(61)52-49-46-43-40-35-24-21-18-15-12-9-6-3)53-62-56(59)50-47-44-41-38-36-33-31-26-23-20-17-14-11-8-5-2/h16,19,25,27,55H,4-15,17-18,20-24,26,28-54H2,1-3H3/b19-16-,27-25-/t55-/m0/s1. The van der Waals surface area contributed by atoms with Gasteiger partial charge < -0.3 is 14.2 Å². The van der Waals surface area contributed by atoms with E-state index in [2.05, 4.69) is 45.1 Å². The van der Waals surface area contributed by atoms with Gasteiger partial charge in [-0.05, 0) is 51.4 Å². The van der Waals surface area contributed by atoms with Crippen LogP contribution in [0.3, 0.4) is 0 Å². The number of allylic oxidation sites excluding steroid dienone is 4. The van der Waals surface area contributed by atoms with Gasteiger partial charge in [-0.3, -0.25) is 14.4 Å². The van der Waals surface area contributed by atoms with Crippen molar-refractivity contribution in [1.29, 1.82) is 0 Å². The number of hydrogen-bond acceptors (Lipinski definition) is 6. The van der Waals surface area contributed by atoms with Crippen molar-refractivity contribution in [1.82, 2.24) is 0 Å². The second-order valence-electron chi connectivity index (χ2n) is 19.2. The Labute approximate surface area is 398 Å². The largest absolute Gasteiger partial charge is 0.462 e. The van der Waals surface area contributed by atoms with E-state index in [0.717, 1.165) is 64.2 Å². The second kappa shape index (κ2) is 53.5. The maximum atomic E-state index is 12.8. The van der Waals surface area contributed by atoms with Crippen LogP contribution in [0.2, 0.25) is 0 Å². The summed E-state index contributed by atoms with van der Waals surface area (Å²) in [7, 11) is 0. The summed E-state index contributed by atoms with van der Waals surface area (Å²) < 4.78 is 16.9. The molecule has 0 radical (unpaired) electrons. The predicted octanol–water partition coefficient (Wildman–Crippen LogP) is 18.7. The SMILES string of the molecule is CCCCC/C=C\C/C=C\CCCCCCCCCCCC(=O)OC[C@H](COC(=O)CCCCCCCCCCCCCCCCC)OC(=O)CCCCCCCCCCCCCC. The van der Waals surface area contributed by atoms with E-state index in [1.165, 1.54) is 205 Å². The van der Waals surface area contributed by atoms with Gasteiger partial charge in [-0.25, -0.2) is 0 Å². The Balaban J connectivity index is 4.29. The molecular weight excluding hydrogens is 793 g/mol. The first-order valence-corrected chi connectivity index (χ1v) is 28.3. The van der Waals surface area contributed by atoms with Crippen LogP contribution in [0.25, 0.3) is 0 Å². The Morgan fingerprint density at radius 1 is 0.312 bits per heavy atom. The molecule has 6 heteroatoms. The summed E-state index contributed by atoms with van der Waals surface area (Å²) in [4.78, 5) is 38.1. The third-order valence-electron chi connectivity index (χ3n) is 12.7. The van der Waals surface area contributed by atoms with E-state index in [1.54, 1.807) is 0 Å². The number of unbranched alkanes of at least 4 members (excludes halogenated alkanes) is 37. The zero-order valence-electron chi connectivity index (χ0n) is 43.1. The average Bonchev–Trinajstić information content (AvgIpc) is 3.29. The number of carbonyl (C=O) groups excluding carboxylic acids is 3. The minimum atomic E-state index is -0.767. The monoisotopic (exact) mass is 901 g/mol. The summed E-state index contributed by atoms with van der Waals surface area (Å²) in [6, 6.07) is 0. The molecule has 64 heavy (non-hydrogen) atoms. The molecule has 0 bridgehead atoms. The summed E-state index contributed by atoms with van der Waals surface area (Å²) in [5.41, 5.74) is 0. The van der Waals surface area contributed by atoms with E-state index >= 15 is 0 Å². The highest BCUT2D eigenvalue weighted by Crippen LogP contribution is 2.17. The zero-order chi connectivity index (χ0) is 46.5. The van der Waals surface area contributed by atoms with Crippen LogP contribution < -0.4 is 0 Å². The predicted molar refractivity (Wildman–Crippen MR) is 275 cm³/mol. The highest BCUT2D eigenvalue weighted by Gasteiger charge is 2.19. The van der Waals surface area contributed by atoms with Gasteiger partial charge in [0, 0.05) is 19.3 Å². The first kappa shape index (κ1) is 61.9. The highest BCUT2D eigenvalue weighted by atomic mass is 16.6. The van der Waals surface area contributed by atoms with E-state index in [-0.39, 0.29) is 31.1 Å². The van der Waals surface area contributed by atoms with Crippen LogP contribution in [0, 0.1) is 0 Å². The van der Waals surface area contributed by atoms with Crippen LogP contribution in [0.15, 0.2) is 24.3 Å². The zero-order valence-corrected chi connectivity index (χ0v) is 43.1. The van der Waals surface area contributed by atoms with Gasteiger partial charge in [0.05, 0.1) is 0 Å². The third kappa shape index (κ3) is 50.9. The van der Waals surface area contributed by atoms with Crippen LogP contribution in [0.1, 0.15) is 310 Å². The average molecular weight is 901 g/mol. The number of ether oxygens (including phenoxy) is 3. The minimum absolute atomic E-state index is 0.0669. The molecule has 0 saturated heterocycles. The summed E-state index contributed by atoms with van der Waals surface area (Å²) in [5, 5.41) is 0. The lowest BCUT2D eigenvalue weighted by atomic mass is 10.0. The van der Waals surface area contributed by atoms with Gasteiger partial charge in [-0.1, -0.05) is 263 Å². The number of carbonyl (C=O) groups is 3. The molecule has 0 fully saturated rings. The van der Waals surface area contributed by atoms with E-state index < -0.39 is 6.10 Å². The molecule has 0 amide bonds. The first-order valence-electron chi connectivity index (χ1n) is 28.3. The lowest BCUT2D eigenvalue weighted by Gasteiger charge is -2.18. The van der Waals surface area contributed by atoms with Gasteiger partial charge in [0.25, 0.3) is 0 Å². The number of rotatable bonds is 52. The van der Waals surface area contributed by atoms with Crippen molar-refractivity contribution in [2.24, 2.45) is 0 Å². The van der Waals surface area contributed by atoms with E-state index in [9.17, 15) is 14.4 Å². The normalized spacial score (nSPS) is 12.1. The molecule has 0 rings (SSSR count). The summed E-state index contributed by atoms with van der Waals surface area (Å²) in [6.07, 6.45) is 61.6. The topological polar surface area (TPSA) is 78.9 Å². The number of esters is 3. The van der Waals surface area contributed by atoms with Crippen LogP contribution >= 0.6 is 0 Å². The lowest BCUT2D eigenvalue weighted by molar-refractivity contribution is -0.167. The van der Waals surface area contributed by atoms with Crippen molar-refractivity contribution in [2.45, 2.75) is 316 Å². The molecule has 0 unspecified atom stereocenters. The quantitative estimate of drug-likeness (QED) is 0.0262. The molecule has 0 aromatic rings. The van der Waals surface area contributed by atoms with Crippen LogP contribution in [0.4, 0.5) is 0 Å². The fourth-order valence-corrected chi connectivity index (χ4v) is 8.42. The summed E-state index contributed by atoms with van der Waals surface area (Å²) in [5.74, 6) is -0.852. The molecule has 1 atom stereocenters. The van der Waals surface area contributed by atoms with Crippen molar-refractivity contribution < 1.29 is 28.6 Å². The smallest absolute Gasteiger partial charge is 0.306 e. The molecule has 376 valence electrons. The molecule has 0 aromatic heterocycles. The van der Waals surface area contributed by atoms with Crippen LogP contribution in [-0.4, -0.2) is 37.2 Å². The number of hydrogen-bond donors (Lipinski definition) is 0. The molecule has 0 aliphatic rings. The molecule has 0 heterocycles. The molecule has 0 spiro atoms. The Kier molecular flexibility index (Phi) is 51.7. The van der Waals surface area contributed by atoms with Gasteiger partial charge >= 0.3 is 17.9 Å². The highest BCUT2D eigenvalue weighted by molar-refractivity contribution is 5.71. The van der Waals surface area contributed by atoms with Gasteiger partial charge in [0.2, 0.25) is 0 Å². The first-order chi connectivity index (χ1) is 31.5. The Morgan fingerprint density at radius 3 is 0.891 bits per heavy atom. The molecule has 0 saturated carbocycles. The van der Waals surface area contributed by atoms with Gasteiger partial charge in [-0.15, -0.1) is 0 Å². The second-order valence-corrected chi connectivity index (χ2v) is 19.2. The summed E-state index contributed by atoms with van der Waals surface area (Å²) >= 11 is 0. The molecule has 0 aliphatic heterocycles.